The van der Waals surface area contributed by atoms with E-state index in [1.54, 1.807) is 0 Å². The quantitative estimate of drug-likeness (QED) is 0.705. The normalized spacial score (nSPS) is 24.2. The molecule has 1 spiro atoms. The van der Waals surface area contributed by atoms with Gasteiger partial charge in [-0.25, -0.2) is 4.98 Å². The lowest BCUT2D eigenvalue weighted by molar-refractivity contribution is 0.395. The van der Waals surface area contributed by atoms with Crippen LogP contribution in [0.25, 0.3) is 0 Å². The molecule has 3 heteroatoms. The average Bonchev–Trinajstić information content (AvgIpc) is 2.78. The Bertz CT molecular complexity index is 341. The van der Waals surface area contributed by atoms with E-state index in [1.807, 2.05) is 17.5 Å². The number of rotatable bonds is 1. The number of anilines is 1. The van der Waals surface area contributed by atoms with Crippen LogP contribution in [0.5, 0.6) is 0 Å². The Morgan fingerprint density at radius 1 is 1.43 bits per heavy atom. The second-order valence-electron chi connectivity index (χ2n) is 4.78. The lowest BCUT2D eigenvalue weighted by Crippen LogP contribution is -2.36. The minimum absolute atomic E-state index is 0.706. The highest BCUT2D eigenvalue weighted by Crippen LogP contribution is 2.52. The van der Waals surface area contributed by atoms with E-state index in [0.717, 1.165) is 0 Å². The van der Waals surface area contributed by atoms with Crippen LogP contribution in [0.4, 0.5) is 5.13 Å². The number of hydrogen-bond donors (Lipinski definition) is 0. The van der Waals surface area contributed by atoms with Gasteiger partial charge in [0, 0.05) is 24.2 Å². The summed E-state index contributed by atoms with van der Waals surface area (Å²) < 4.78 is 0. The zero-order valence-corrected chi connectivity index (χ0v) is 9.44. The first-order chi connectivity index (χ1) is 6.77. The van der Waals surface area contributed by atoms with Crippen LogP contribution in [-0.4, -0.2) is 18.1 Å². The van der Waals surface area contributed by atoms with E-state index in [-0.39, 0.29) is 0 Å². The van der Waals surface area contributed by atoms with Crippen LogP contribution in [0.1, 0.15) is 30.6 Å². The van der Waals surface area contributed by atoms with E-state index in [9.17, 15) is 0 Å². The van der Waals surface area contributed by atoms with E-state index in [1.165, 1.54) is 48.8 Å². The highest BCUT2D eigenvalue weighted by molar-refractivity contribution is 7.15. The third kappa shape index (κ3) is 1.44. The number of thiazole rings is 1. The van der Waals surface area contributed by atoms with Crippen LogP contribution >= 0.6 is 11.3 Å². The predicted molar refractivity (Wildman–Crippen MR) is 60.0 cm³/mol. The number of aromatic nitrogens is 1. The molecule has 1 aromatic heterocycles. The molecular formula is C11H16N2S. The van der Waals surface area contributed by atoms with Crippen molar-refractivity contribution in [1.29, 1.82) is 0 Å². The highest BCUT2D eigenvalue weighted by Gasteiger charge is 2.45. The smallest absolute Gasteiger partial charge is 0.185 e. The van der Waals surface area contributed by atoms with Crippen LogP contribution in [-0.2, 0) is 0 Å². The summed E-state index contributed by atoms with van der Waals surface area (Å²) in [6.07, 6.45) is 7.71. The van der Waals surface area contributed by atoms with Gasteiger partial charge < -0.3 is 4.90 Å². The van der Waals surface area contributed by atoms with E-state index in [4.69, 9.17) is 0 Å². The van der Waals surface area contributed by atoms with Gasteiger partial charge in [-0.05, 0) is 38.0 Å². The van der Waals surface area contributed by atoms with Crippen LogP contribution in [0.2, 0.25) is 0 Å². The van der Waals surface area contributed by atoms with Crippen molar-refractivity contribution in [3.05, 3.63) is 11.1 Å². The van der Waals surface area contributed by atoms with Gasteiger partial charge in [0.1, 0.15) is 0 Å². The molecule has 1 aromatic rings. The summed E-state index contributed by atoms with van der Waals surface area (Å²) >= 11 is 1.84. The van der Waals surface area contributed by atoms with Crippen molar-refractivity contribution in [2.45, 2.75) is 32.6 Å². The van der Waals surface area contributed by atoms with Gasteiger partial charge in [0.05, 0.1) is 0 Å². The summed E-state index contributed by atoms with van der Waals surface area (Å²) in [5.74, 6) is 0. The Balaban J connectivity index is 1.78. The molecule has 0 bridgehead atoms. The zero-order valence-electron chi connectivity index (χ0n) is 8.62. The molecule has 3 rings (SSSR count). The first kappa shape index (κ1) is 8.72. The Morgan fingerprint density at radius 3 is 2.93 bits per heavy atom. The molecule has 2 fully saturated rings. The van der Waals surface area contributed by atoms with Crippen molar-refractivity contribution in [3.63, 3.8) is 0 Å². The van der Waals surface area contributed by atoms with Gasteiger partial charge in [-0.1, -0.05) is 0 Å². The molecule has 76 valence electrons. The number of aryl methyl sites for hydroxylation is 1. The van der Waals surface area contributed by atoms with E-state index >= 15 is 0 Å². The van der Waals surface area contributed by atoms with Crippen LogP contribution in [0.15, 0.2) is 6.20 Å². The Morgan fingerprint density at radius 2 is 2.29 bits per heavy atom. The third-order valence-corrected chi connectivity index (χ3v) is 4.47. The highest BCUT2D eigenvalue weighted by atomic mass is 32.1. The molecule has 1 aliphatic heterocycles. The summed E-state index contributed by atoms with van der Waals surface area (Å²) in [6, 6.07) is 0. The molecule has 0 atom stereocenters. The largest absolute Gasteiger partial charge is 0.348 e. The van der Waals surface area contributed by atoms with E-state index < -0.39 is 0 Å². The molecule has 2 aliphatic rings. The first-order valence-electron chi connectivity index (χ1n) is 5.45. The van der Waals surface area contributed by atoms with Crippen molar-refractivity contribution in [3.8, 4) is 0 Å². The minimum atomic E-state index is 0.706. The maximum Gasteiger partial charge on any atom is 0.185 e. The van der Waals surface area contributed by atoms with Gasteiger partial charge in [0.15, 0.2) is 5.13 Å². The molecule has 0 amide bonds. The van der Waals surface area contributed by atoms with Crippen LogP contribution < -0.4 is 4.90 Å². The van der Waals surface area contributed by atoms with Crippen molar-refractivity contribution in [2.75, 3.05) is 18.0 Å². The maximum atomic E-state index is 4.48. The molecule has 2 nitrogen and oxygen atoms in total. The summed E-state index contributed by atoms with van der Waals surface area (Å²) in [7, 11) is 0. The molecule has 2 heterocycles. The first-order valence-corrected chi connectivity index (χ1v) is 6.27. The average molecular weight is 208 g/mol. The molecular weight excluding hydrogens is 192 g/mol. The van der Waals surface area contributed by atoms with Crippen LogP contribution in [0.3, 0.4) is 0 Å². The van der Waals surface area contributed by atoms with Crippen LogP contribution in [0, 0.1) is 12.3 Å². The van der Waals surface area contributed by atoms with Crippen molar-refractivity contribution in [1.82, 2.24) is 4.98 Å². The van der Waals surface area contributed by atoms with Crippen molar-refractivity contribution >= 4 is 16.5 Å². The monoisotopic (exact) mass is 208 g/mol. The predicted octanol–water partition coefficient (Wildman–Crippen LogP) is 2.83. The molecule has 1 saturated carbocycles. The molecule has 0 radical (unpaired) electrons. The molecule has 1 aliphatic carbocycles. The molecule has 0 aromatic carbocycles. The Labute approximate surface area is 89.0 Å². The third-order valence-electron chi connectivity index (χ3n) is 3.50. The van der Waals surface area contributed by atoms with Gasteiger partial charge in [-0.3, -0.25) is 0 Å². The lowest BCUT2D eigenvalue weighted by atomic mass is 9.95. The number of hydrogen-bond acceptors (Lipinski definition) is 3. The molecule has 0 N–H and O–H groups in total. The van der Waals surface area contributed by atoms with Crippen molar-refractivity contribution in [2.24, 2.45) is 5.41 Å². The fourth-order valence-electron chi connectivity index (χ4n) is 2.45. The summed E-state index contributed by atoms with van der Waals surface area (Å²) in [6.45, 7) is 4.62. The van der Waals surface area contributed by atoms with Gasteiger partial charge in [-0.15, -0.1) is 11.3 Å². The maximum absolute atomic E-state index is 4.48. The van der Waals surface area contributed by atoms with E-state index in [2.05, 4.69) is 16.8 Å². The molecule has 1 saturated heterocycles. The zero-order chi connectivity index (χ0) is 9.60. The standard InChI is InChI=1S/C11H16N2S/c1-9-7-12-10(14-9)13-6-2-3-11(8-13)4-5-11/h7H,2-6,8H2,1H3. The second-order valence-corrected chi connectivity index (χ2v) is 5.99. The van der Waals surface area contributed by atoms with Crippen molar-refractivity contribution < 1.29 is 0 Å². The van der Waals surface area contributed by atoms with Gasteiger partial charge in [0.25, 0.3) is 0 Å². The lowest BCUT2D eigenvalue weighted by Gasteiger charge is -2.32. The summed E-state index contributed by atoms with van der Waals surface area (Å²) in [5, 5.41) is 1.24. The molecule has 14 heavy (non-hydrogen) atoms. The summed E-state index contributed by atoms with van der Waals surface area (Å²) in [4.78, 5) is 8.30. The van der Waals surface area contributed by atoms with Gasteiger partial charge >= 0.3 is 0 Å². The molecule has 0 unspecified atom stereocenters. The van der Waals surface area contributed by atoms with Gasteiger partial charge in [0.2, 0.25) is 0 Å². The Kier molecular flexibility index (Phi) is 1.84. The Hall–Kier alpha value is -0.570. The number of nitrogens with zero attached hydrogens (tertiary/aromatic N) is 2. The second kappa shape index (κ2) is 2.96. The minimum Gasteiger partial charge on any atom is -0.348 e. The SMILES string of the molecule is Cc1cnc(N2CCCC3(CC3)C2)s1. The number of piperidine rings is 1. The van der Waals surface area contributed by atoms with E-state index in [0.29, 0.717) is 5.41 Å². The fraction of sp³-hybridized carbons (Fsp3) is 0.727. The van der Waals surface area contributed by atoms with Gasteiger partial charge in [-0.2, -0.15) is 0 Å². The fourth-order valence-corrected chi connectivity index (χ4v) is 3.23. The topological polar surface area (TPSA) is 16.1 Å². The summed E-state index contributed by atoms with van der Waals surface area (Å²) in [5.41, 5.74) is 0.706.